The van der Waals surface area contributed by atoms with Crippen molar-refractivity contribution < 1.29 is 0 Å². The van der Waals surface area contributed by atoms with E-state index in [1.54, 1.807) is 11.3 Å². The van der Waals surface area contributed by atoms with E-state index in [4.69, 9.17) is 11.6 Å². The van der Waals surface area contributed by atoms with Gasteiger partial charge >= 0.3 is 0 Å². The van der Waals surface area contributed by atoms with Crippen molar-refractivity contribution in [2.24, 2.45) is 7.05 Å². The second-order valence-electron chi connectivity index (χ2n) is 3.59. The van der Waals surface area contributed by atoms with Gasteiger partial charge in [0.25, 0.3) is 0 Å². The number of thiophene rings is 1. The number of nitrogens with zero attached hydrogens (tertiary/aromatic N) is 2. The molecule has 0 radical (unpaired) electrons. The summed E-state index contributed by atoms with van der Waals surface area (Å²) in [5, 5.41) is 3.38. The van der Waals surface area contributed by atoms with Crippen LogP contribution in [0.1, 0.15) is 10.7 Å². The van der Waals surface area contributed by atoms with E-state index < -0.39 is 0 Å². The standard InChI is InChI=1S/C11H14ClN3S/c1-15-7-6-14-11(15)4-5-13-8-9-2-3-10(12)16-9/h2-3,6-7,13H,4-5,8H2,1H3. The van der Waals surface area contributed by atoms with Gasteiger partial charge < -0.3 is 9.88 Å². The van der Waals surface area contributed by atoms with Crippen LogP contribution in [0.4, 0.5) is 0 Å². The first-order valence-corrected chi connectivity index (χ1v) is 6.36. The van der Waals surface area contributed by atoms with Gasteiger partial charge in [-0.25, -0.2) is 4.98 Å². The van der Waals surface area contributed by atoms with Crippen LogP contribution in [0, 0.1) is 0 Å². The molecule has 0 bridgehead atoms. The van der Waals surface area contributed by atoms with E-state index in [2.05, 4.69) is 16.4 Å². The number of aryl methyl sites for hydroxylation is 1. The highest BCUT2D eigenvalue weighted by atomic mass is 35.5. The number of halogens is 1. The molecule has 0 aromatic carbocycles. The van der Waals surface area contributed by atoms with Crippen LogP contribution >= 0.6 is 22.9 Å². The number of hydrogen-bond donors (Lipinski definition) is 1. The fourth-order valence-electron chi connectivity index (χ4n) is 1.50. The quantitative estimate of drug-likeness (QED) is 0.832. The summed E-state index contributed by atoms with van der Waals surface area (Å²) in [6.45, 7) is 1.81. The molecule has 0 aliphatic rings. The van der Waals surface area contributed by atoms with Crippen molar-refractivity contribution in [2.75, 3.05) is 6.54 Å². The molecule has 0 unspecified atom stereocenters. The van der Waals surface area contributed by atoms with Gasteiger partial charge in [0, 0.05) is 43.8 Å². The first-order valence-electron chi connectivity index (χ1n) is 5.17. The van der Waals surface area contributed by atoms with E-state index in [0.29, 0.717) is 0 Å². The zero-order valence-corrected chi connectivity index (χ0v) is 10.7. The lowest BCUT2D eigenvalue weighted by atomic mass is 10.4. The molecule has 2 aromatic heterocycles. The smallest absolute Gasteiger partial charge is 0.109 e. The molecule has 0 atom stereocenters. The molecule has 0 spiro atoms. The largest absolute Gasteiger partial charge is 0.338 e. The summed E-state index contributed by atoms with van der Waals surface area (Å²) in [7, 11) is 2.02. The molecule has 0 fully saturated rings. The molecule has 2 heterocycles. The van der Waals surface area contributed by atoms with Crippen LogP contribution in [-0.4, -0.2) is 16.1 Å². The van der Waals surface area contributed by atoms with Gasteiger partial charge in [-0.05, 0) is 12.1 Å². The topological polar surface area (TPSA) is 29.9 Å². The summed E-state index contributed by atoms with van der Waals surface area (Å²) in [5.74, 6) is 1.11. The van der Waals surface area contributed by atoms with E-state index in [-0.39, 0.29) is 0 Å². The van der Waals surface area contributed by atoms with Crippen molar-refractivity contribution in [3.8, 4) is 0 Å². The SMILES string of the molecule is Cn1ccnc1CCNCc1ccc(Cl)s1. The van der Waals surface area contributed by atoms with Crippen molar-refractivity contribution in [2.45, 2.75) is 13.0 Å². The van der Waals surface area contributed by atoms with Gasteiger partial charge in [-0.15, -0.1) is 11.3 Å². The highest BCUT2D eigenvalue weighted by molar-refractivity contribution is 7.16. The second-order valence-corrected chi connectivity index (χ2v) is 5.39. The molecule has 86 valence electrons. The van der Waals surface area contributed by atoms with E-state index in [9.17, 15) is 0 Å². The molecule has 0 saturated carbocycles. The van der Waals surface area contributed by atoms with Crippen LogP contribution in [0.5, 0.6) is 0 Å². The van der Waals surface area contributed by atoms with Gasteiger partial charge in [-0.1, -0.05) is 11.6 Å². The number of nitrogens with one attached hydrogen (secondary N) is 1. The summed E-state index contributed by atoms with van der Waals surface area (Å²) in [5.41, 5.74) is 0. The Morgan fingerprint density at radius 1 is 1.50 bits per heavy atom. The third kappa shape index (κ3) is 3.07. The van der Waals surface area contributed by atoms with Crippen LogP contribution in [0.15, 0.2) is 24.5 Å². The number of hydrogen-bond acceptors (Lipinski definition) is 3. The van der Waals surface area contributed by atoms with Crippen molar-refractivity contribution in [1.29, 1.82) is 0 Å². The average Bonchev–Trinajstić information content (AvgIpc) is 2.83. The third-order valence-electron chi connectivity index (χ3n) is 2.37. The van der Waals surface area contributed by atoms with Gasteiger partial charge in [-0.3, -0.25) is 0 Å². The lowest BCUT2D eigenvalue weighted by Crippen LogP contribution is -2.17. The van der Waals surface area contributed by atoms with E-state index in [1.807, 2.05) is 30.1 Å². The van der Waals surface area contributed by atoms with Crippen LogP contribution in [0.3, 0.4) is 0 Å². The Labute approximate surface area is 104 Å². The Kier molecular flexibility index (Phi) is 3.98. The van der Waals surface area contributed by atoms with Crippen LogP contribution in [0.25, 0.3) is 0 Å². The van der Waals surface area contributed by atoms with Crippen LogP contribution in [0.2, 0.25) is 4.34 Å². The lowest BCUT2D eigenvalue weighted by Gasteiger charge is -2.03. The van der Waals surface area contributed by atoms with E-state index in [1.165, 1.54) is 4.88 Å². The summed E-state index contributed by atoms with van der Waals surface area (Å²) in [6, 6.07) is 3.99. The van der Waals surface area contributed by atoms with Crippen LogP contribution < -0.4 is 5.32 Å². The van der Waals surface area contributed by atoms with Crippen molar-refractivity contribution in [3.63, 3.8) is 0 Å². The second kappa shape index (κ2) is 5.48. The molecule has 2 rings (SSSR count). The molecular formula is C11H14ClN3S. The first-order chi connectivity index (χ1) is 7.75. The molecule has 16 heavy (non-hydrogen) atoms. The molecule has 0 amide bonds. The summed E-state index contributed by atoms with van der Waals surface area (Å²) in [6.07, 6.45) is 4.74. The molecule has 2 aromatic rings. The van der Waals surface area contributed by atoms with Gasteiger partial charge in [-0.2, -0.15) is 0 Å². The predicted molar refractivity (Wildman–Crippen MR) is 67.9 cm³/mol. The summed E-state index contributed by atoms with van der Waals surface area (Å²) in [4.78, 5) is 5.54. The molecule has 0 aliphatic heterocycles. The number of imidazole rings is 1. The third-order valence-corrected chi connectivity index (χ3v) is 3.61. The maximum atomic E-state index is 5.85. The Morgan fingerprint density at radius 2 is 2.38 bits per heavy atom. The minimum Gasteiger partial charge on any atom is -0.338 e. The Balaban J connectivity index is 1.71. The zero-order valence-electron chi connectivity index (χ0n) is 9.11. The first kappa shape index (κ1) is 11.6. The normalized spacial score (nSPS) is 10.9. The molecule has 1 N–H and O–H groups in total. The van der Waals surface area contributed by atoms with Crippen molar-refractivity contribution in [3.05, 3.63) is 39.6 Å². The summed E-state index contributed by atoms with van der Waals surface area (Å²) < 4.78 is 2.89. The van der Waals surface area contributed by atoms with Gasteiger partial charge in [0.15, 0.2) is 0 Å². The maximum absolute atomic E-state index is 5.85. The zero-order chi connectivity index (χ0) is 11.4. The molecule has 0 saturated heterocycles. The van der Waals surface area contributed by atoms with Gasteiger partial charge in [0.2, 0.25) is 0 Å². The lowest BCUT2D eigenvalue weighted by molar-refractivity contribution is 0.659. The van der Waals surface area contributed by atoms with Gasteiger partial charge in [0.1, 0.15) is 5.82 Å². The monoisotopic (exact) mass is 255 g/mol. The Bertz CT molecular complexity index is 450. The molecule has 3 nitrogen and oxygen atoms in total. The molecule has 5 heteroatoms. The summed E-state index contributed by atoms with van der Waals surface area (Å²) >= 11 is 7.47. The highest BCUT2D eigenvalue weighted by Crippen LogP contribution is 2.20. The number of aromatic nitrogens is 2. The van der Waals surface area contributed by atoms with E-state index >= 15 is 0 Å². The Morgan fingerprint density at radius 3 is 3.00 bits per heavy atom. The van der Waals surface area contributed by atoms with Crippen molar-refractivity contribution >= 4 is 22.9 Å². The Hall–Kier alpha value is -0.840. The number of rotatable bonds is 5. The molecular weight excluding hydrogens is 242 g/mol. The fraction of sp³-hybridized carbons (Fsp3) is 0.364. The average molecular weight is 256 g/mol. The van der Waals surface area contributed by atoms with E-state index in [0.717, 1.165) is 29.7 Å². The highest BCUT2D eigenvalue weighted by Gasteiger charge is 2.00. The van der Waals surface area contributed by atoms with Gasteiger partial charge in [0.05, 0.1) is 4.34 Å². The predicted octanol–water partition coefficient (Wildman–Crippen LogP) is 2.47. The minimum absolute atomic E-state index is 0.848. The van der Waals surface area contributed by atoms with Crippen LogP contribution in [-0.2, 0) is 20.0 Å². The minimum atomic E-state index is 0.848. The van der Waals surface area contributed by atoms with Crippen molar-refractivity contribution in [1.82, 2.24) is 14.9 Å². The molecule has 0 aliphatic carbocycles. The fourth-order valence-corrected chi connectivity index (χ4v) is 2.55. The maximum Gasteiger partial charge on any atom is 0.109 e.